The van der Waals surface area contributed by atoms with Gasteiger partial charge in [-0.25, -0.2) is 0 Å². The van der Waals surface area contributed by atoms with Crippen molar-refractivity contribution in [1.82, 2.24) is 0 Å². The van der Waals surface area contributed by atoms with Crippen LogP contribution in [0.3, 0.4) is 0 Å². The van der Waals surface area contributed by atoms with Gasteiger partial charge in [-0.1, -0.05) is 18.6 Å². The minimum Gasteiger partial charge on any atom is -0.161 e. The molecule has 0 radical (unpaired) electrons. The molecular weight excluding hydrogens is 216 g/mol. The zero-order chi connectivity index (χ0) is 9.31. The largest absolute Gasteiger partial charge is 0.186 e. The average Bonchev–Trinajstić information content (AvgIpc) is 2.14. The molecule has 3 heteroatoms. The molecule has 1 aliphatic rings. The quantitative estimate of drug-likeness (QED) is 0.426. The molecule has 0 aromatic heterocycles. The standard InChI is InChI=1S/C10H13ClSSi/c1-12-9-3-5-10(6-4-9)13(11)7-2-8-13/h3-6H,2,7-8H2,1H3. The molecular formula is C10H13ClSSi. The minimum atomic E-state index is -1.45. The van der Waals surface area contributed by atoms with Gasteiger partial charge in [-0.3, -0.25) is 0 Å². The fourth-order valence-electron chi connectivity index (χ4n) is 1.67. The smallest absolute Gasteiger partial charge is 0.161 e. The van der Waals surface area contributed by atoms with E-state index in [0.717, 1.165) is 0 Å². The maximum Gasteiger partial charge on any atom is 0.186 e. The van der Waals surface area contributed by atoms with Crippen LogP contribution in [0.2, 0.25) is 12.1 Å². The van der Waals surface area contributed by atoms with Crippen molar-refractivity contribution in [3.8, 4) is 0 Å². The van der Waals surface area contributed by atoms with Crippen LogP contribution in [0.4, 0.5) is 0 Å². The van der Waals surface area contributed by atoms with E-state index in [9.17, 15) is 0 Å². The zero-order valence-electron chi connectivity index (χ0n) is 7.72. The van der Waals surface area contributed by atoms with E-state index in [1.165, 1.54) is 28.6 Å². The second kappa shape index (κ2) is 3.68. The molecule has 70 valence electrons. The third kappa shape index (κ3) is 1.80. The lowest BCUT2D eigenvalue weighted by Crippen LogP contribution is -2.47. The predicted octanol–water partition coefficient (Wildman–Crippen LogP) is 3.20. The first-order valence-electron chi connectivity index (χ1n) is 4.58. The van der Waals surface area contributed by atoms with E-state index in [4.69, 9.17) is 11.1 Å². The summed E-state index contributed by atoms with van der Waals surface area (Å²) in [7, 11) is -1.45. The Morgan fingerprint density at radius 3 is 2.23 bits per heavy atom. The van der Waals surface area contributed by atoms with Crippen LogP contribution in [-0.2, 0) is 0 Å². The summed E-state index contributed by atoms with van der Waals surface area (Å²) in [5.74, 6) is 0. The summed E-state index contributed by atoms with van der Waals surface area (Å²) in [4.78, 5) is 1.33. The summed E-state index contributed by atoms with van der Waals surface area (Å²) in [5.41, 5.74) is 0. The molecule has 0 saturated carbocycles. The molecule has 1 saturated heterocycles. The number of hydrogen-bond acceptors (Lipinski definition) is 1. The number of halogens is 1. The lowest BCUT2D eigenvalue weighted by Gasteiger charge is -2.33. The van der Waals surface area contributed by atoms with Crippen molar-refractivity contribution in [2.75, 3.05) is 6.26 Å². The molecule has 1 aliphatic heterocycles. The van der Waals surface area contributed by atoms with Crippen molar-refractivity contribution >= 4 is 35.4 Å². The predicted molar refractivity (Wildman–Crippen MR) is 63.7 cm³/mol. The molecule has 0 spiro atoms. The molecule has 0 nitrogen and oxygen atoms in total. The molecule has 0 unspecified atom stereocenters. The number of benzene rings is 1. The molecule has 0 N–H and O–H groups in total. The third-order valence-electron chi connectivity index (χ3n) is 2.75. The maximum absolute atomic E-state index is 6.56. The lowest BCUT2D eigenvalue weighted by atomic mass is 10.4. The Morgan fingerprint density at radius 1 is 1.23 bits per heavy atom. The van der Waals surface area contributed by atoms with Gasteiger partial charge in [-0.05, 0) is 35.7 Å². The van der Waals surface area contributed by atoms with Crippen LogP contribution in [0.15, 0.2) is 29.2 Å². The first-order chi connectivity index (χ1) is 6.24. The Morgan fingerprint density at radius 2 is 1.85 bits per heavy atom. The lowest BCUT2D eigenvalue weighted by molar-refractivity contribution is 0.939. The monoisotopic (exact) mass is 228 g/mol. The molecule has 2 rings (SSSR count). The van der Waals surface area contributed by atoms with Crippen LogP contribution >= 0.6 is 22.8 Å². The van der Waals surface area contributed by atoms with Crippen molar-refractivity contribution in [3.63, 3.8) is 0 Å². The van der Waals surface area contributed by atoms with Gasteiger partial charge in [0.1, 0.15) is 0 Å². The van der Waals surface area contributed by atoms with Gasteiger partial charge in [0.15, 0.2) is 7.38 Å². The van der Waals surface area contributed by atoms with Crippen LogP contribution < -0.4 is 5.19 Å². The van der Waals surface area contributed by atoms with Gasteiger partial charge in [-0.2, -0.15) is 11.1 Å². The van der Waals surface area contributed by atoms with E-state index >= 15 is 0 Å². The highest BCUT2D eigenvalue weighted by Gasteiger charge is 2.39. The molecule has 1 aromatic rings. The Kier molecular flexibility index (Phi) is 2.72. The van der Waals surface area contributed by atoms with E-state index in [0.29, 0.717) is 0 Å². The highest BCUT2D eigenvalue weighted by Crippen LogP contribution is 2.35. The maximum atomic E-state index is 6.56. The van der Waals surface area contributed by atoms with E-state index < -0.39 is 7.38 Å². The summed E-state index contributed by atoms with van der Waals surface area (Å²) in [6, 6.07) is 11.4. The fourth-order valence-corrected chi connectivity index (χ4v) is 5.57. The summed E-state index contributed by atoms with van der Waals surface area (Å²) in [5, 5.41) is 1.43. The van der Waals surface area contributed by atoms with Crippen molar-refractivity contribution in [3.05, 3.63) is 24.3 Å². The minimum absolute atomic E-state index is 1.27. The molecule has 1 heterocycles. The Balaban J connectivity index is 2.22. The van der Waals surface area contributed by atoms with Crippen LogP contribution in [0.5, 0.6) is 0 Å². The highest BCUT2D eigenvalue weighted by molar-refractivity contribution is 7.98. The Bertz CT molecular complexity index is 292. The van der Waals surface area contributed by atoms with Gasteiger partial charge in [0.2, 0.25) is 0 Å². The van der Waals surface area contributed by atoms with Crippen molar-refractivity contribution < 1.29 is 0 Å². The fraction of sp³-hybridized carbons (Fsp3) is 0.400. The average molecular weight is 229 g/mol. The molecule has 1 fully saturated rings. The van der Waals surface area contributed by atoms with Gasteiger partial charge in [0.05, 0.1) is 0 Å². The normalized spacial score (nSPS) is 19.5. The first-order valence-corrected chi connectivity index (χ1v) is 9.23. The molecule has 0 bridgehead atoms. The van der Waals surface area contributed by atoms with Gasteiger partial charge >= 0.3 is 0 Å². The summed E-state index contributed by atoms with van der Waals surface area (Å²) < 4.78 is 0. The molecule has 13 heavy (non-hydrogen) atoms. The zero-order valence-corrected chi connectivity index (χ0v) is 10.3. The first kappa shape index (κ1) is 9.63. The number of thioether (sulfide) groups is 1. The van der Waals surface area contributed by atoms with Crippen LogP contribution in [0, 0.1) is 0 Å². The number of rotatable bonds is 2. The van der Waals surface area contributed by atoms with Gasteiger partial charge < -0.3 is 0 Å². The Labute approximate surface area is 89.4 Å². The second-order valence-corrected chi connectivity index (χ2v) is 10.1. The van der Waals surface area contributed by atoms with E-state index in [-0.39, 0.29) is 0 Å². The second-order valence-electron chi connectivity index (χ2n) is 3.55. The van der Waals surface area contributed by atoms with E-state index in [1.54, 1.807) is 11.8 Å². The van der Waals surface area contributed by atoms with Crippen molar-refractivity contribution in [2.45, 2.75) is 23.4 Å². The summed E-state index contributed by atoms with van der Waals surface area (Å²) >= 11 is 8.35. The number of hydrogen-bond donors (Lipinski definition) is 0. The molecule has 0 amide bonds. The van der Waals surface area contributed by atoms with Crippen LogP contribution in [0.25, 0.3) is 0 Å². The Hall–Kier alpha value is 0.0769. The topological polar surface area (TPSA) is 0 Å². The van der Waals surface area contributed by atoms with Gasteiger partial charge in [0, 0.05) is 4.90 Å². The molecule has 1 aromatic carbocycles. The summed E-state index contributed by atoms with van der Waals surface area (Å²) in [6.07, 6.45) is 3.44. The molecule has 0 aliphatic carbocycles. The van der Waals surface area contributed by atoms with E-state index in [1.807, 2.05) is 0 Å². The molecule has 0 atom stereocenters. The van der Waals surface area contributed by atoms with Crippen molar-refractivity contribution in [2.24, 2.45) is 0 Å². The third-order valence-corrected chi connectivity index (χ3v) is 8.95. The van der Waals surface area contributed by atoms with Gasteiger partial charge in [-0.15, -0.1) is 11.8 Å². The van der Waals surface area contributed by atoms with Crippen molar-refractivity contribution in [1.29, 1.82) is 0 Å². The van der Waals surface area contributed by atoms with Crippen LogP contribution in [-0.4, -0.2) is 13.6 Å². The highest BCUT2D eigenvalue weighted by atomic mass is 35.6. The van der Waals surface area contributed by atoms with E-state index in [2.05, 4.69) is 30.5 Å². The van der Waals surface area contributed by atoms with Gasteiger partial charge in [0.25, 0.3) is 0 Å². The van der Waals surface area contributed by atoms with Crippen LogP contribution in [0.1, 0.15) is 6.42 Å². The summed E-state index contributed by atoms with van der Waals surface area (Å²) in [6.45, 7) is 0. The SMILES string of the molecule is CSc1ccc([Si]2(Cl)CCC2)cc1.